The highest BCUT2D eigenvalue weighted by molar-refractivity contribution is 5.79. The van der Waals surface area contributed by atoms with Gasteiger partial charge in [-0.05, 0) is 63.2 Å². The number of benzene rings is 5. The molecule has 0 aliphatic heterocycles. The number of hydrogen-bond acceptors (Lipinski definition) is 7. The summed E-state index contributed by atoms with van der Waals surface area (Å²) < 4.78 is 29.1. The van der Waals surface area contributed by atoms with Crippen molar-refractivity contribution in [3.63, 3.8) is 0 Å². The molecule has 5 aromatic rings. The minimum atomic E-state index is -1.13. The van der Waals surface area contributed by atoms with E-state index in [2.05, 4.69) is 29.6 Å². The van der Waals surface area contributed by atoms with Crippen LogP contribution in [0.25, 0.3) is 11.1 Å². The number of carbonyl (C=O) groups excluding carboxylic acids is 2. The molecule has 0 saturated carbocycles. The first-order valence-electron chi connectivity index (χ1n) is 16.2. The fourth-order valence-corrected chi connectivity index (χ4v) is 6.46. The number of fused-ring (bicyclic) bond motifs is 3. The maximum Gasteiger partial charge on any atom is 0.407 e. The average Bonchev–Trinajstić information content (AvgIpc) is 3.47. The normalized spacial score (nSPS) is 12.7. The number of esters is 1. The zero-order chi connectivity index (χ0) is 34.2. The van der Waals surface area contributed by atoms with E-state index in [0.29, 0.717) is 11.5 Å². The van der Waals surface area contributed by atoms with Gasteiger partial charge in [-0.2, -0.15) is 0 Å². The number of carbonyl (C=O) groups is 2. The van der Waals surface area contributed by atoms with E-state index < -0.39 is 23.7 Å². The first-order chi connectivity index (χ1) is 23.9. The first kappa shape index (κ1) is 33.3. The van der Waals surface area contributed by atoms with Crippen molar-refractivity contribution in [1.29, 1.82) is 0 Å². The van der Waals surface area contributed by atoms with Crippen LogP contribution < -0.4 is 14.8 Å². The molecular weight excluding hydrogens is 618 g/mol. The Kier molecular flexibility index (Phi) is 10.3. The molecule has 0 aromatic heterocycles. The van der Waals surface area contributed by atoms with E-state index in [1.807, 2.05) is 103 Å². The molecule has 49 heavy (non-hydrogen) atoms. The van der Waals surface area contributed by atoms with Gasteiger partial charge in [-0.15, -0.1) is 0 Å². The van der Waals surface area contributed by atoms with Crippen molar-refractivity contribution in [2.75, 3.05) is 34.0 Å². The summed E-state index contributed by atoms with van der Waals surface area (Å²) in [6, 6.07) is 40.8. The molecule has 250 valence electrons. The molecule has 0 bridgehead atoms. The average molecular weight is 658 g/mol. The number of ether oxygens (including phenoxy) is 5. The summed E-state index contributed by atoms with van der Waals surface area (Å²) >= 11 is 0. The minimum Gasteiger partial charge on any atom is -0.497 e. The van der Waals surface area contributed by atoms with Crippen LogP contribution in [0.5, 0.6) is 11.5 Å². The van der Waals surface area contributed by atoms with Crippen molar-refractivity contribution >= 4 is 12.1 Å². The summed E-state index contributed by atoms with van der Waals surface area (Å²) in [5.74, 6) is 0.825. The van der Waals surface area contributed by atoms with Crippen molar-refractivity contribution in [3.8, 4) is 22.6 Å². The highest BCUT2D eigenvalue weighted by Crippen LogP contribution is 2.45. The molecule has 0 radical (unpaired) electrons. The molecule has 0 saturated heterocycles. The molecule has 1 amide bonds. The largest absolute Gasteiger partial charge is 0.497 e. The minimum absolute atomic E-state index is 0.0234. The molecule has 1 aliphatic rings. The third-order valence-electron chi connectivity index (χ3n) is 8.83. The summed E-state index contributed by atoms with van der Waals surface area (Å²) in [7, 11) is 3.24. The topological polar surface area (TPSA) is 92.3 Å². The SMILES string of the molecule is COc1ccc(C(OC[C@H](COC(C)=O)NC(=O)OCC2c3ccccc3-c3ccccc32)(c2ccccc2)c2ccc(OC)cc2)cc1. The second-order valence-electron chi connectivity index (χ2n) is 11.8. The van der Waals surface area contributed by atoms with E-state index in [1.54, 1.807) is 14.2 Å². The fraction of sp³-hybridized carbons (Fsp3) is 0.220. The van der Waals surface area contributed by atoms with Crippen LogP contribution >= 0.6 is 0 Å². The Morgan fingerprint density at radius 1 is 0.633 bits per heavy atom. The number of rotatable bonds is 13. The Labute approximate surface area is 286 Å². The maximum atomic E-state index is 13.4. The van der Waals surface area contributed by atoms with E-state index in [9.17, 15) is 9.59 Å². The molecule has 5 aromatic carbocycles. The van der Waals surface area contributed by atoms with Crippen LogP contribution in [0.1, 0.15) is 40.7 Å². The molecule has 8 heteroatoms. The van der Waals surface area contributed by atoms with E-state index in [-0.39, 0.29) is 25.7 Å². The third-order valence-corrected chi connectivity index (χ3v) is 8.83. The highest BCUT2D eigenvalue weighted by atomic mass is 16.6. The lowest BCUT2D eigenvalue weighted by atomic mass is 9.80. The van der Waals surface area contributed by atoms with E-state index >= 15 is 0 Å². The predicted octanol–water partition coefficient (Wildman–Crippen LogP) is 7.48. The molecule has 0 heterocycles. The molecule has 0 fully saturated rings. The third kappa shape index (κ3) is 7.15. The second kappa shape index (κ2) is 15.1. The van der Waals surface area contributed by atoms with Crippen molar-refractivity contribution in [1.82, 2.24) is 5.32 Å². The highest BCUT2D eigenvalue weighted by Gasteiger charge is 2.39. The van der Waals surface area contributed by atoms with E-state index in [0.717, 1.165) is 38.9 Å². The monoisotopic (exact) mass is 657 g/mol. The lowest BCUT2D eigenvalue weighted by molar-refractivity contribution is -0.142. The van der Waals surface area contributed by atoms with Crippen molar-refractivity contribution in [3.05, 3.63) is 155 Å². The zero-order valence-electron chi connectivity index (χ0n) is 27.8. The summed E-state index contributed by atoms with van der Waals surface area (Å²) in [5.41, 5.74) is 5.90. The van der Waals surface area contributed by atoms with Gasteiger partial charge >= 0.3 is 12.1 Å². The number of methoxy groups -OCH3 is 2. The Morgan fingerprint density at radius 2 is 1.12 bits per heavy atom. The number of amides is 1. The maximum absolute atomic E-state index is 13.4. The predicted molar refractivity (Wildman–Crippen MR) is 187 cm³/mol. The second-order valence-corrected chi connectivity index (χ2v) is 11.8. The van der Waals surface area contributed by atoms with Crippen molar-refractivity contribution in [2.45, 2.75) is 24.5 Å². The smallest absolute Gasteiger partial charge is 0.407 e. The van der Waals surface area contributed by atoms with Crippen LogP contribution in [0.15, 0.2) is 127 Å². The van der Waals surface area contributed by atoms with Crippen LogP contribution in [0.3, 0.4) is 0 Å². The van der Waals surface area contributed by atoms with Gasteiger partial charge in [0.1, 0.15) is 30.3 Å². The van der Waals surface area contributed by atoms with Gasteiger partial charge in [0.05, 0.1) is 26.9 Å². The molecule has 6 rings (SSSR count). The number of alkyl carbamates (subject to hydrolysis) is 1. The summed E-state index contributed by atoms with van der Waals surface area (Å²) in [4.78, 5) is 25.3. The van der Waals surface area contributed by atoms with Gasteiger partial charge in [0.2, 0.25) is 0 Å². The van der Waals surface area contributed by atoms with Crippen molar-refractivity contribution < 1.29 is 33.3 Å². The van der Waals surface area contributed by atoms with Gasteiger partial charge in [-0.25, -0.2) is 4.79 Å². The molecule has 0 spiro atoms. The number of nitrogens with one attached hydrogen (secondary N) is 1. The van der Waals surface area contributed by atoms with Gasteiger partial charge in [-0.1, -0.05) is 103 Å². The summed E-state index contributed by atoms with van der Waals surface area (Å²) in [5, 5.41) is 2.90. The Balaban J connectivity index is 1.28. The molecule has 1 aliphatic carbocycles. The molecule has 1 atom stereocenters. The summed E-state index contributed by atoms with van der Waals surface area (Å²) in [6.07, 6.45) is -0.637. The molecular formula is C41H39NO7. The first-order valence-corrected chi connectivity index (χ1v) is 16.2. The van der Waals surface area contributed by atoms with Gasteiger partial charge in [0, 0.05) is 12.8 Å². The molecule has 1 N–H and O–H groups in total. The van der Waals surface area contributed by atoms with Gasteiger partial charge < -0.3 is 29.0 Å². The van der Waals surface area contributed by atoms with E-state index in [4.69, 9.17) is 23.7 Å². The van der Waals surface area contributed by atoms with Crippen LogP contribution in [-0.4, -0.2) is 52.1 Å². The van der Waals surface area contributed by atoms with Crippen molar-refractivity contribution in [2.24, 2.45) is 0 Å². The quantitative estimate of drug-likeness (QED) is 0.104. The van der Waals surface area contributed by atoms with Crippen LogP contribution in [-0.2, 0) is 24.6 Å². The van der Waals surface area contributed by atoms with Gasteiger partial charge in [0.15, 0.2) is 0 Å². The van der Waals surface area contributed by atoms with E-state index in [1.165, 1.54) is 6.92 Å². The Morgan fingerprint density at radius 3 is 1.63 bits per heavy atom. The Hall–Kier alpha value is -5.60. The lowest BCUT2D eigenvalue weighted by Crippen LogP contribution is -2.45. The Bertz CT molecular complexity index is 1780. The standard InChI is InChI=1S/C41H39NO7/c1-28(43)47-25-32(42-40(44)48-27-39-37-15-9-7-13-35(37)36-14-8-10-16-38(36)39)26-49-41(29-11-5-4-6-12-29,30-17-21-33(45-2)22-18-30)31-19-23-34(46-3)24-20-31/h4-24,32,39H,25-27H2,1-3H3,(H,42,44)/t32-/m0/s1. The van der Waals surface area contributed by atoms with Gasteiger partial charge in [-0.3, -0.25) is 4.79 Å². The molecule has 0 unspecified atom stereocenters. The number of hydrogen-bond donors (Lipinski definition) is 1. The zero-order valence-corrected chi connectivity index (χ0v) is 27.8. The summed E-state index contributed by atoms with van der Waals surface area (Å²) in [6.45, 7) is 1.33. The van der Waals surface area contributed by atoms with Crippen LogP contribution in [0, 0.1) is 0 Å². The van der Waals surface area contributed by atoms with Crippen LogP contribution in [0.2, 0.25) is 0 Å². The lowest BCUT2D eigenvalue weighted by Gasteiger charge is -2.37. The van der Waals surface area contributed by atoms with Crippen LogP contribution in [0.4, 0.5) is 4.79 Å². The van der Waals surface area contributed by atoms with Gasteiger partial charge in [0.25, 0.3) is 0 Å². The fourth-order valence-electron chi connectivity index (χ4n) is 6.46. The molecule has 8 nitrogen and oxygen atoms in total.